The van der Waals surface area contributed by atoms with Crippen LogP contribution in [0.5, 0.6) is 11.5 Å². The van der Waals surface area contributed by atoms with E-state index in [2.05, 4.69) is 0 Å². The summed E-state index contributed by atoms with van der Waals surface area (Å²) in [6.45, 7) is 2.28. The van der Waals surface area contributed by atoms with Crippen LogP contribution >= 0.6 is 35.6 Å². The highest BCUT2D eigenvalue weighted by molar-refractivity contribution is 8.27. The fourth-order valence-corrected chi connectivity index (χ4v) is 4.22. The monoisotopic (exact) mass is 463 g/mol. The van der Waals surface area contributed by atoms with E-state index in [9.17, 15) is 9.59 Å². The van der Waals surface area contributed by atoms with Crippen LogP contribution in [0.15, 0.2) is 47.4 Å². The zero-order valence-corrected chi connectivity index (χ0v) is 18.4. The molecule has 2 aromatic rings. The predicted molar refractivity (Wildman–Crippen MR) is 122 cm³/mol. The second-order valence-electron chi connectivity index (χ2n) is 6.10. The summed E-state index contributed by atoms with van der Waals surface area (Å²) < 4.78 is 11.5. The second kappa shape index (κ2) is 9.97. The van der Waals surface area contributed by atoms with Crippen molar-refractivity contribution in [2.24, 2.45) is 0 Å². The van der Waals surface area contributed by atoms with Gasteiger partial charge in [-0.05, 0) is 42.8 Å². The Morgan fingerprint density at radius 2 is 2.00 bits per heavy atom. The number of anilines is 1. The maximum absolute atomic E-state index is 12.9. The Hall–Kier alpha value is -2.55. The number of hydrogen-bond acceptors (Lipinski definition) is 6. The zero-order chi connectivity index (χ0) is 21.7. The van der Waals surface area contributed by atoms with E-state index < -0.39 is 5.97 Å². The number of benzene rings is 2. The predicted octanol–water partition coefficient (Wildman–Crippen LogP) is 5.00. The van der Waals surface area contributed by atoms with E-state index in [0.717, 1.165) is 5.56 Å². The minimum absolute atomic E-state index is 0.0330. The lowest BCUT2D eigenvalue weighted by molar-refractivity contribution is -0.137. The Kier molecular flexibility index (Phi) is 7.36. The number of carbonyl (C=O) groups excluding carboxylic acids is 1. The lowest BCUT2D eigenvalue weighted by Gasteiger charge is -2.15. The molecule has 0 aliphatic carbocycles. The van der Waals surface area contributed by atoms with Crippen LogP contribution < -0.4 is 14.4 Å². The Bertz CT molecular complexity index is 1020. The third-order valence-electron chi connectivity index (χ3n) is 4.03. The zero-order valence-electron chi connectivity index (χ0n) is 16.0. The number of carbonyl (C=O) groups is 2. The molecule has 1 aliphatic heterocycles. The Morgan fingerprint density at radius 3 is 2.70 bits per heavy atom. The van der Waals surface area contributed by atoms with Crippen LogP contribution in [0.3, 0.4) is 0 Å². The maximum Gasteiger partial charge on any atom is 0.306 e. The van der Waals surface area contributed by atoms with Crippen molar-refractivity contribution < 1.29 is 24.2 Å². The summed E-state index contributed by atoms with van der Waals surface area (Å²) in [4.78, 5) is 25.5. The third kappa shape index (κ3) is 5.13. The average Bonchev–Trinajstić information content (AvgIpc) is 2.97. The minimum atomic E-state index is -0.940. The molecule has 1 saturated heterocycles. The number of hydrogen-bond donors (Lipinski definition) is 1. The van der Waals surface area contributed by atoms with Crippen LogP contribution in [0.2, 0.25) is 5.02 Å². The van der Waals surface area contributed by atoms with E-state index in [1.807, 2.05) is 6.92 Å². The van der Waals surface area contributed by atoms with Crippen molar-refractivity contribution in [2.75, 3.05) is 18.1 Å². The number of aliphatic carboxylic acids is 1. The summed E-state index contributed by atoms with van der Waals surface area (Å²) in [6, 6.07) is 12.2. The van der Waals surface area contributed by atoms with Crippen LogP contribution in [0.1, 0.15) is 18.9 Å². The molecule has 0 radical (unpaired) electrons. The molecule has 1 fully saturated rings. The van der Waals surface area contributed by atoms with Gasteiger partial charge in [0.25, 0.3) is 5.91 Å². The number of thiocarbonyl (C=S) groups is 1. The highest BCUT2D eigenvalue weighted by Gasteiger charge is 2.34. The Balaban J connectivity index is 1.84. The summed E-state index contributed by atoms with van der Waals surface area (Å²) in [5, 5.41) is 9.20. The highest BCUT2D eigenvalue weighted by Crippen LogP contribution is 2.39. The van der Waals surface area contributed by atoms with Gasteiger partial charge in [0.2, 0.25) is 0 Å². The lowest BCUT2D eigenvalue weighted by atomic mass is 10.1. The van der Waals surface area contributed by atoms with Gasteiger partial charge in [0.1, 0.15) is 0 Å². The fourth-order valence-electron chi connectivity index (χ4n) is 2.71. The normalized spacial score (nSPS) is 15.0. The molecule has 1 amide bonds. The molecule has 2 aromatic carbocycles. The number of halogens is 1. The fraction of sp³-hybridized carbons (Fsp3) is 0.190. The van der Waals surface area contributed by atoms with E-state index >= 15 is 0 Å². The molecule has 156 valence electrons. The standard InChI is InChI=1S/C21H18ClNO5S2/c1-2-27-17-11-13(7-8-16(17)28-10-9-19(24)25)12-18-20(26)23(21(29)30-18)15-6-4-3-5-14(15)22/h3-8,11-12H,2,9-10H2,1H3,(H,24,25)/b18-12+. The van der Waals surface area contributed by atoms with Crippen LogP contribution in [0.4, 0.5) is 5.69 Å². The Morgan fingerprint density at radius 1 is 1.23 bits per heavy atom. The second-order valence-corrected chi connectivity index (χ2v) is 8.18. The summed E-state index contributed by atoms with van der Waals surface area (Å²) >= 11 is 12.8. The van der Waals surface area contributed by atoms with Crippen LogP contribution in [0.25, 0.3) is 6.08 Å². The van der Waals surface area contributed by atoms with Crippen molar-refractivity contribution in [2.45, 2.75) is 13.3 Å². The number of amides is 1. The molecule has 0 unspecified atom stereocenters. The number of thioether (sulfide) groups is 1. The molecule has 1 N–H and O–H groups in total. The van der Waals surface area contributed by atoms with E-state index in [1.165, 1.54) is 16.7 Å². The molecule has 0 bridgehead atoms. The van der Waals surface area contributed by atoms with Gasteiger partial charge in [-0.1, -0.05) is 53.8 Å². The molecule has 0 aromatic heterocycles. The molecule has 9 heteroatoms. The van der Waals surface area contributed by atoms with E-state index in [4.69, 9.17) is 38.4 Å². The van der Waals surface area contributed by atoms with Crippen molar-refractivity contribution >= 4 is 63.5 Å². The van der Waals surface area contributed by atoms with Crippen molar-refractivity contribution in [3.05, 3.63) is 58.0 Å². The average molecular weight is 464 g/mol. The minimum Gasteiger partial charge on any atom is -0.490 e. The molecule has 1 aliphatic rings. The Labute approximate surface area is 188 Å². The number of rotatable bonds is 8. The van der Waals surface area contributed by atoms with Gasteiger partial charge in [0, 0.05) is 0 Å². The largest absolute Gasteiger partial charge is 0.490 e. The first kappa shape index (κ1) is 22.1. The van der Waals surface area contributed by atoms with Crippen molar-refractivity contribution in [3.63, 3.8) is 0 Å². The number of carboxylic acid groups (broad SMARTS) is 1. The summed E-state index contributed by atoms with van der Waals surface area (Å²) in [7, 11) is 0. The number of carboxylic acids is 1. The van der Waals surface area contributed by atoms with Crippen molar-refractivity contribution in [1.82, 2.24) is 0 Å². The molecular weight excluding hydrogens is 446 g/mol. The van der Waals surface area contributed by atoms with Gasteiger partial charge < -0.3 is 14.6 Å². The van der Waals surface area contributed by atoms with Gasteiger partial charge in [-0.15, -0.1) is 0 Å². The van der Waals surface area contributed by atoms with Gasteiger partial charge in [-0.3, -0.25) is 14.5 Å². The molecule has 6 nitrogen and oxygen atoms in total. The maximum atomic E-state index is 12.9. The first-order valence-electron chi connectivity index (χ1n) is 9.04. The van der Waals surface area contributed by atoms with Crippen LogP contribution in [-0.2, 0) is 9.59 Å². The molecular formula is C21H18ClNO5S2. The molecule has 3 rings (SSSR count). The highest BCUT2D eigenvalue weighted by atomic mass is 35.5. The van der Waals surface area contributed by atoms with E-state index in [-0.39, 0.29) is 18.9 Å². The number of nitrogens with zero attached hydrogens (tertiary/aromatic N) is 1. The van der Waals surface area contributed by atoms with Gasteiger partial charge in [0.15, 0.2) is 15.8 Å². The molecule has 0 atom stereocenters. The van der Waals surface area contributed by atoms with E-state index in [0.29, 0.717) is 38.0 Å². The van der Waals surface area contributed by atoms with E-state index in [1.54, 1.807) is 48.5 Å². The SMILES string of the molecule is CCOc1cc(/C=C2/SC(=S)N(c3ccccc3Cl)C2=O)ccc1OCCC(=O)O. The van der Waals surface area contributed by atoms with Gasteiger partial charge in [-0.2, -0.15) is 0 Å². The van der Waals surface area contributed by atoms with Crippen molar-refractivity contribution in [1.29, 1.82) is 0 Å². The summed E-state index contributed by atoms with van der Waals surface area (Å²) in [6.07, 6.45) is 1.61. The smallest absolute Gasteiger partial charge is 0.306 e. The van der Waals surface area contributed by atoms with Crippen LogP contribution in [-0.4, -0.2) is 34.5 Å². The third-order valence-corrected chi connectivity index (χ3v) is 5.65. The molecule has 0 spiro atoms. The molecule has 30 heavy (non-hydrogen) atoms. The summed E-state index contributed by atoms with van der Waals surface area (Å²) in [5.41, 5.74) is 1.27. The van der Waals surface area contributed by atoms with Gasteiger partial charge in [-0.25, -0.2) is 0 Å². The van der Waals surface area contributed by atoms with Crippen LogP contribution in [0, 0.1) is 0 Å². The number of ether oxygens (including phenoxy) is 2. The molecule has 0 saturated carbocycles. The molecule has 1 heterocycles. The van der Waals surface area contributed by atoms with Crippen molar-refractivity contribution in [3.8, 4) is 11.5 Å². The number of para-hydroxylation sites is 1. The topological polar surface area (TPSA) is 76.1 Å². The summed E-state index contributed by atoms with van der Waals surface area (Å²) in [5.74, 6) is -0.278. The van der Waals surface area contributed by atoms with Gasteiger partial charge >= 0.3 is 5.97 Å². The lowest BCUT2D eigenvalue weighted by Crippen LogP contribution is -2.27. The first-order valence-corrected chi connectivity index (χ1v) is 10.6. The quantitative estimate of drug-likeness (QED) is 0.436. The first-order chi connectivity index (χ1) is 14.4. The van der Waals surface area contributed by atoms with Gasteiger partial charge in [0.05, 0.1) is 35.2 Å².